The summed E-state index contributed by atoms with van der Waals surface area (Å²) in [5.41, 5.74) is 0.944. The average molecular weight is 183 g/mol. The molecule has 0 saturated carbocycles. The molecule has 0 amide bonds. The molecule has 1 rings (SSSR count). The molecule has 4 heteroatoms. The number of carbonyl (C=O) groups is 1. The van der Waals surface area contributed by atoms with Gasteiger partial charge in [-0.1, -0.05) is 6.07 Å². The monoisotopic (exact) mass is 183 g/mol. The van der Waals surface area contributed by atoms with E-state index >= 15 is 0 Å². The Morgan fingerprint density at radius 1 is 1.54 bits per heavy atom. The molecular formula is C9H13NO3. The van der Waals surface area contributed by atoms with Crippen molar-refractivity contribution in [1.82, 2.24) is 4.98 Å². The zero-order valence-corrected chi connectivity index (χ0v) is 7.47. The molecule has 0 atom stereocenters. The van der Waals surface area contributed by atoms with Crippen LogP contribution in [0.4, 0.5) is 0 Å². The Labute approximate surface area is 76.9 Å². The second-order valence-electron chi connectivity index (χ2n) is 2.31. The minimum absolute atomic E-state index is 0.178. The van der Waals surface area contributed by atoms with Crippen molar-refractivity contribution in [3.63, 3.8) is 0 Å². The van der Waals surface area contributed by atoms with Gasteiger partial charge in [0.2, 0.25) is 0 Å². The normalized spacial score (nSPS) is 8.46. The van der Waals surface area contributed by atoms with Crippen molar-refractivity contribution in [1.29, 1.82) is 0 Å². The van der Waals surface area contributed by atoms with Gasteiger partial charge < -0.3 is 10.2 Å². The summed E-state index contributed by atoms with van der Waals surface area (Å²) in [5, 5.41) is 15.9. The first-order valence-corrected chi connectivity index (χ1v) is 3.87. The van der Waals surface area contributed by atoms with Gasteiger partial charge in [0.05, 0.1) is 0 Å². The minimum Gasteiger partial charge on any atom is -0.481 e. The van der Waals surface area contributed by atoms with E-state index in [-0.39, 0.29) is 6.61 Å². The second-order valence-corrected chi connectivity index (χ2v) is 2.31. The fraction of sp³-hybridized carbons (Fsp3) is 0.333. The molecule has 0 bridgehead atoms. The first-order chi connectivity index (χ1) is 6.16. The predicted molar refractivity (Wildman–Crippen MR) is 48.3 cm³/mol. The van der Waals surface area contributed by atoms with Gasteiger partial charge in [-0.15, -0.1) is 0 Å². The average Bonchev–Trinajstić information content (AvgIpc) is 2.06. The standard InChI is InChI=1S/C7H9NO.C2H4O2/c9-6-4-7-3-1-2-5-8-7;1-2(3)4/h1-3,5,9H,4,6H2;1H3,(H,3,4). The summed E-state index contributed by atoms with van der Waals surface area (Å²) in [6, 6.07) is 5.68. The number of rotatable bonds is 2. The van der Waals surface area contributed by atoms with Crippen LogP contribution in [0, 0.1) is 0 Å². The number of carboxylic acid groups (broad SMARTS) is 1. The van der Waals surface area contributed by atoms with Crippen LogP contribution < -0.4 is 0 Å². The molecule has 0 aromatic carbocycles. The van der Waals surface area contributed by atoms with Crippen molar-refractivity contribution in [3.05, 3.63) is 30.1 Å². The lowest BCUT2D eigenvalue weighted by molar-refractivity contribution is -0.134. The largest absolute Gasteiger partial charge is 0.481 e. The Bertz CT molecular complexity index is 232. The Hall–Kier alpha value is -1.42. The van der Waals surface area contributed by atoms with E-state index in [0.29, 0.717) is 6.42 Å². The van der Waals surface area contributed by atoms with Crippen molar-refractivity contribution < 1.29 is 15.0 Å². The maximum absolute atomic E-state index is 9.00. The molecule has 0 aliphatic heterocycles. The van der Waals surface area contributed by atoms with Crippen LogP contribution in [0.3, 0.4) is 0 Å². The predicted octanol–water partition coefficient (Wildman–Crippen LogP) is 0.707. The number of pyridine rings is 1. The topological polar surface area (TPSA) is 70.4 Å². The number of nitrogens with zero attached hydrogens (tertiary/aromatic N) is 1. The number of aromatic nitrogens is 1. The molecule has 1 aromatic heterocycles. The Balaban J connectivity index is 0.000000310. The van der Waals surface area contributed by atoms with Crippen molar-refractivity contribution in [2.24, 2.45) is 0 Å². The number of hydrogen-bond acceptors (Lipinski definition) is 3. The molecule has 0 unspecified atom stereocenters. The van der Waals surface area contributed by atoms with Gasteiger partial charge in [-0.3, -0.25) is 9.78 Å². The molecule has 4 nitrogen and oxygen atoms in total. The van der Waals surface area contributed by atoms with Crippen molar-refractivity contribution in [3.8, 4) is 0 Å². The van der Waals surface area contributed by atoms with E-state index in [4.69, 9.17) is 15.0 Å². The molecule has 1 aromatic rings. The van der Waals surface area contributed by atoms with Crippen molar-refractivity contribution >= 4 is 5.97 Å². The highest BCUT2D eigenvalue weighted by Gasteiger charge is 1.87. The molecule has 2 N–H and O–H groups in total. The van der Waals surface area contributed by atoms with Crippen LogP contribution in [0.15, 0.2) is 24.4 Å². The van der Waals surface area contributed by atoms with Gasteiger partial charge in [-0.2, -0.15) is 0 Å². The molecule has 0 radical (unpaired) electrons. The third kappa shape index (κ3) is 8.49. The van der Waals surface area contributed by atoms with Gasteiger partial charge in [0.15, 0.2) is 0 Å². The summed E-state index contributed by atoms with van der Waals surface area (Å²) in [5.74, 6) is -0.833. The van der Waals surface area contributed by atoms with Gasteiger partial charge in [-0.25, -0.2) is 0 Å². The van der Waals surface area contributed by atoms with Crippen LogP contribution in [-0.2, 0) is 11.2 Å². The lowest BCUT2D eigenvalue weighted by atomic mass is 10.3. The van der Waals surface area contributed by atoms with Crippen LogP contribution in [0.1, 0.15) is 12.6 Å². The zero-order valence-electron chi connectivity index (χ0n) is 7.47. The molecular weight excluding hydrogens is 170 g/mol. The van der Waals surface area contributed by atoms with E-state index < -0.39 is 5.97 Å². The summed E-state index contributed by atoms with van der Waals surface area (Å²) >= 11 is 0. The number of aliphatic carboxylic acids is 1. The van der Waals surface area contributed by atoms with Crippen molar-refractivity contribution in [2.45, 2.75) is 13.3 Å². The number of aliphatic hydroxyl groups is 1. The van der Waals surface area contributed by atoms with E-state index in [1.807, 2.05) is 18.2 Å². The molecule has 1 heterocycles. The molecule has 72 valence electrons. The van der Waals surface area contributed by atoms with Gasteiger partial charge >= 0.3 is 0 Å². The summed E-state index contributed by atoms with van der Waals surface area (Å²) in [7, 11) is 0. The smallest absolute Gasteiger partial charge is 0.300 e. The highest BCUT2D eigenvalue weighted by Crippen LogP contribution is 1.91. The first kappa shape index (κ1) is 11.6. The number of aliphatic hydroxyl groups excluding tert-OH is 1. The highest BCUT2D eigenvalue weighted by atomic mass is 16.4. The van der Waals surface area contributed by atoms with Crippen LogP contribution in [-0.4, -0.2) is 27.8 Å². The molecule has 0 aliphatic rings. The van der Waals surface area contributed by atoms with E-state index in [2.05, 4.69) is 4.98 Å². The van der Waals surface area contributed by atoms with E-state index in [1.165, 1.54) is 0 Å². The van der Waals surface area contributed by atoms with Gasteiger partial charge in [0.25, 0.3) is 5.97 Å². The Kier molecular flexibility index (Phi) is 6.45. The summed E-state index contributed by atoms with van der Waals surface area (Å²) in [6.07, 6.45) is 2.38. The van der Waals surface area contributed by atoms with Gasteiger partial charge in [0, 0.05) is 31.8 Å². The van der Waals surface area contributed by atoms with E-state index in [0.717, 1.165) is 12.6 Å². The van der Waals surface area contributed by atoms with Crippen LogP contribution in [0.5, 0.6) is 0 Å². The zero-order chi connectivity index (χ0) is 10.1. The molecule has 0 fully saturated rings. The molecule has 0 aliphatic carbocycles. The molecule has 0 saturated heterocycles. The lowest BCUT2D eigenvalue weighted by Gasteiger charge is -1.92. The molecule has 13 heavy (non-hydrogen) atoms. The van der Waals surface area contributed by atoms with Gasteiger partial charge in [-0.05, 0) is 12.1 Å². The van der Waals surface area contributed by atoms with E-state index in [1.54, 1.807) is 6.20 Å². The van der Waals surface area contributed by atoms with Crippen LogP contribution in [0.25, 0.3) is 0 Å². The third-order valence-electron chi connectivity index (χ3n) is 1.09. The Morgan fingerprint density at radius 3 is 2.54 bits per heavy atom. The Morgan fingerprint density at radius 2 is 2.15 bits per heavy atom. The lowest BCUT2D eigenvalue weighted by Crippen LogP contribution is -1.91. The molecule has 0 spiro atoms. The SMILES string of the molecule is CC(=O)O.OCCc1ccccn1. The fourth-order valence-electron chi connectivity index (χ4n) is 0.661. The second kappa shape index (κ2) is 7.24. The summed E-state index contributed by atoms with van der Waals surface area (Å²) in [6.45, 7) is 1.26. The van der Waals surface area contributed by atoms with Crippen molar-refractivity contribution in [2.75, 3.05) is 6.61 Å². The third-order valence-corrected chi connectivity index (χ3v) is 1.09. The summed E-state index contributed by atoms with van der Waals surface area (Å²) < 4.78 is 0. The summed E-state index contributed by atoms with van der Waals surface area (Å²) in [4.78, 5) is 13.0. The minimum atomic E-state index is -0.833. The quantitative estimate of drug-likeness (QED) is 0.708. The fourth-order valence-corrected chi connectivity index (χ4v) is 0.661. The van der Waals surface area contributed by atoms with Gasteiger partial charge in [0.1, 0.15) is 0 Å². The van der Waals surface area contributed by atoms with E-state index in [9.17, 15) is 0 Å². The highest BCUT2D eigenvalue weighted by molar-refractivity contribution is 5.62. The number of hydrogen-bond donors (Lipinski definition) is 2. The first-order valence-electron chi connectivity index (χ1n) is 3.87. The maximum atomic E-state index is 9.00. The van der Waals surface area contributed by atoms with Crippen LogP contribution >= 0.6 is 0 Å². The number of carboxylic acids is 1. The maximum Gasteiger partial charge on any atom is 0.300 e. The van der Waals surface area contributed by atoms with Crippen LogP contribution in [0.2, 0.25) is 0 Å².